The molecule has 0 bridgehead atoms. The average molecular weight is 437 g/mol. The molecule has 2 aromatic carbocycles. The van der Waals surface area contributed by atoms with Crippen molar-refractivity contribution < 1.29 is 14.3 Å². The Morgan fingerprint density at radius 3 is 2.61 bits per heavy atom. The van der Waals surface area contributed by atoms with Gasteiger partial charge >= 0.3 is 6.03 Å². The molecule has 0 saturated carbocycles. The van der Waals surface area contributed by atoms with E-state index < -0.39 is 0 Å². The van der Waals surface area contributed by atoms with Crippen LogP contribution in [0.25, 0.3) is 0 Å². The van der Waals surface area contributed by atoms with E-state index >= 15 is 0 Å². The van der Waals surface area contributed by atoms with Crippen LogP contribution in [0.3, 0.4) is 0 Å². The fourth-order valence-corrected chi connectivity index (χ4v) is 5.84. The van der Waals surface area contributed by atoms with Crippen LogP contribution in [0.15, 0.2) is 48.5 Å². The maximum Gasteiger partial charge on any atom is 0.322 e. The second-order valence-electron chi connectivity index (χ2n) is 7.59. The standard InChI is InChI=1S/C25H28N2O3S/c1-5-19-16(2)31-24-20(19)13-14-27(23(24)17-9-7-6-8-10-17)25(28)26-21-15-18(29-3)11-12-22(21)30-4/h6-12,15,23H,5,13-14H2,1-4H3,(H,26,28). The number of carbonyl (C=O) groups excluding carboxylic acids is 1. The SMILES string of the molecule is CCc1c(C)sc2c1CCN(C(=O)Nc1cc(OC)ccc1OC)C2c1ccccc1. The Morgan fingerprint density at radius 2 is 1.94 bits per heavy atom. The van der Waals surface area contributed by atoms with E-state index in [2.05, 4.69) is 31.3 Å². The number of hydrogen-bond donors (Lipinski definition) is 1. The van der Waals surface area contributed by atoms with Crippen molar-refractivity contribution >= 4 is 23.1 Å². The van der Waals surface area contributed by atoms with E-state index in [1.54, 1.807) is 26.4 Å². The molecule has 1 aliphatic rings. The summed E-state index contributed by atoms with van der Waals surface area (Å²) in [6.07, 6.45) is 1.89. The lowest BCUT2D eigenvalue weighted by atomic mass is 9.92. The number of rotatable bonds is 5. The number of hydrogen-bond acceptors (Lipinski definition) is 4. The van der Waals surface area contributed by atoms with Gasteiger partial charge in [0.05, 0.1) is 25.9 Å². The maximum atomic E-state index is 13.5. The van der Waals surface area contributed by atoms with E-state index in [9.17, 15) is 4.79 Å². The molecular weight excluding hydrogens is 408 g/mol. The summed E-state index contributed by atoms with van der Waals surface area (Å²) >= 11 is 1.82. The lowest BCUT2D eigenvalue weighted by Gasteiger charge is -2.36. The summed E-state index contributed by atoms with van der Waals surface area (Å²) < 4.78 is 10.8. The molecule has 1 aliphatic heterocycles. The van der Waals surface area contributed by atoms with Gasteiger partial charge in [0.2, 0.25) is 0 Å². The summed E-state index contributed by atoms with van der Waals surface area (Å²) in [5.41, 5.74) is 4.58. The quantitative estimate of drug-likeness (QED) is 0.549. The molecule has 2 heterocycles. The highest BCUT2D eigenvalue weighted by molar-refractivity contribution is 7.12. The molecule has 4 rings (SSSR count). The fraction of sp³-hybridized carbons (Fsp3) is 0.320. The zero-order chi connectivity index (χ0) is 22.0. The lowest BCUT2D eigenvalue weighted by molar-refractivity contribution is 0.195. The Bertz CT molecular complexity index is 1080. The van der Waals surface area contributed by atoms with Gasteiger partial charge in [-0.25, -0.2) is 4.79 Å². The number of nitrogens with one attached hydrogen (secondary N) is 1. The van der Waals surface area contributed by atoms with E-state index in [-0.39, 0.29) is 12.1 Å². The molecule has 1 unspecified atom stereocenters. The van der Waals surface area contributed by atoms with E-state index in [4.69, 9.17) is 9.47 Å². The average Bonchev–Trinajstić information content (AvgIpc) is 3.13. The van der Waals surface area contributed by atoms with Crippen molar-refractivity contribution in [2.75, 3.05) is 26.1 Å². The minimum absolute atomic E-state index is 0.106. The van der Waals surface area contributed by atoms with Crippen LogP contribution < -0.4 is 14.8 Å². The Balaban J connectivity index is 1.72. The molecule has 0 fully saturated rings. The van der Waals surface area contributed by atoms with E-state index in [0.717, 1.165) is 18.4 Å². The maximum absolute atomic E-state index is 13.5. The molecule has 0 saturated heterocycles. The summed E-state index contributed by atoms with van der Waals surface area (Å²) in [4.78, 5) is 18.1. The molecule has 2 amide bonds. The predicted molar refractivity (Wildman–Crippen MR) is 126 cm³/mol. The first-order valence-corrected chi connectivity index (χ1v) is 11.3. The summed E-state index contributed by atoms with van der Waals surface area (Å²) in [6, 6.07) is 15.4. The molecule has 5 nitrogen and oxygen atoms in total. The van der Waals surface area contributed by atoms with E-state index in [1.807, 2.05) is 40.5 Å². The smallest absolute Gasteiger partial charge is 0.322 e. The molecule has 31 heavy (non-hydrogen) atoms. The van der Waals surface area contributed by atoms with Crippen molar-refractivity contribution in [3.63, 3.8) is 0 Å². The van der Waals surface area contributed by atoms with Gasteiger partial charge in [-0.2, -0.15) is 0 Å². The van der Waals surface area contributed by atoms with Crippen LogP contribution in [0, 0.1) is 6.92 Å². The first kappa shape index (κ1) is 21.2. The molecule has 6 heteroatoms. The molecule has 1 N–H and O–H groups in total. The van der Waals surface area contributed by atoms with Crippen LogP contribution in [-0.4, -0.2) is 31.7 Å². The van der Waals surface area contributed by atoms with Crippen LogP contribution >= 0.6 is 11.3 Å². The van der Waals surface area contributed by atoms with Crippen molar-refractivity contribution in [2.45, 2.75) is 32.7 Å². The minimum Gasteiger partial charge on any atom is -0.497 e. The van der Waals surface area contributed by atoms with Crippen LogP contribution in [0.1, 0.15) is 39.4 Å². The van der Waals surface area contributed by atoms with Gasteiger partial charge in [0.1, 0.15) is 11.5 Å². The predicted octanol–water partition coefficient (Wildman–Crippen LogP) is 5.82. The highest BCUT2D eigenvalue weighted by Gasteiger charge is 2.35. The van der Waals surface area contributed by atoms with Gasteiger partial charge in [-0.1, -0.05) is 37.3 Å². The molecule has 162 valence electrons. The number of methoxy groups -OCH3 is 2. The van der Waals surface area contributed by atoms with E-state index in [1.165, 1.54) is 20.9 Å². The highest BCUT2D eigenvalue weighted by Crippen LogP contribution is 2.43. The highest BCUT2D eigenvalue weighted by atomic mass is 32.1. The van der Waals surface area contributed by atoms with Gasteiger partial charge in [0.15, 0.2) is 0 Å². The van der Waals surface area contributed by atoms with Gasteiger partial charge in [-0.15, -0.1) is 11.3 Å². The number of urea groups is 1. The molecule has 1 atom stereocenters. The number of thiophene rings is 1. The topological polar surface area (TPSA) is 50.8 Å². The van der Waals surface area contributed by atoms with Crippen LogP contribution in [0.4, 0.5) is 10.5 Å². The summed E-state index contributed by atoms with van der Waals surface area (Å²) in [6.45, 7) is 5.06. The summed E-state index contributed by atoms with van der Waals surface area (Å²) in [5.74, 6) is 1.27. The number of nitrogens with zero attached hydrogens (tertiary/aromatic N) is 1. The molecule has 0 aliphatic carbocycles. The second-order valence-corrected chi connectivity index (χ2v) is 8.84. The fourth-order valence-electron chi connectivity index (χ4n) is 4.39. The number of ether oxygens (including phenoxy) is 2. The van der Waals surface area contributed by atoms with Crippen molar-refractivity contribution in [2.24, 2.45) is 0 Å². The normalized spacial score (nSPS) is 15.4. The summed E-state index contributed by atoms with van der Waals surface area (Å²) in [5, 5.41) is 3.06. The minimum atomic E-state index is -0.143. The zero-order valence-electron chi connectivity index (χ0n) is 18.4. The van der Waals surface area contributed by atoms with Crippen LogP contribution in [-0.2, 0) is 12.8 Å². The molecular formula is C25H28N2O3S. The number of aryl methyl sites for hydroxylation is 1. The van der Waals surface area contributed by atoms with Gasteiger partial charge in [0.25, 0.3) is 0 Å². The number of fused-ring (bicyclic) bond motifs is 1. The van der Waals surface area contributed by atoms with Crippen LogP contribution in [0.2, 0.25) is 0 Å². The van der Waals surface area contributed by atoms with Crippen molar-refractivity contribution in [1.82, 2.24) is 4.90 Å². The second kappa shape index (κ2) is 9.02. The monoisotopic (exact) mass is 436 g/mol. The third-order valence-corrected chi connectivity index (χ3v) is 7.13. The zero-order valence-corrected chi connectivity index (χ0v) is 19.2. The number of anilines is 1. The summed E-state index contributed by atoms with van der Waals surface area (Å²) in [7, 11) is 3.20. The number of benzene rings is 2. The third-order valence-electron chi connectivity index (χ3n) is 5.89. The number of carbonyl (C=O) groups is 1. The van der Waals surface area contributed by atoms with Gasteiger partial charge in [-0.05, 0) is 48.6 Å². The lowest BCUT2D eigenvalue weighted by Crippen LogP contribution is -2.42. The Morgan fingerprint density at radius 1 is 1.16 bits per heavy atom. The first-order valence-electron chi connectivity index (χ1n) is 10.5. The molecule has 3 aromatic rings. The van der Waals surface area contributed by atoms with Crippen molar-refractivity contribution in [3.8, 4) is 11.5 Å². The molecule has 0 spiro atoms. The van der Waals surface area contributed by atoms with Crippen LogP contribution in [0.5, 0.6) is 11.5 Å². The van der Waals surface area contributed by atoms with Crippen molar-refractivity contribution in [1.29, 1.82) is 0 Å². The Labute approximate surface area is 187 Å². The number of amides is 2. The third kappa shape index (κ3) is 4.00. The largest absolute Gasteiger partial charge is 0.497 e. The Kier molecular flexibility index (Phi) is 6.18. The molecule has 1 aromatic heterocycles. The van der Waals surface area contributed by atoms with E-state index in [0.29, 0.717) is 23.7 Å². The molecule has 0 radical (unpaired) electrons. The van der Waals surface area contributed by atoms with Crippen molar-refractivity contribution in [3.05, 3.63) is 75.0 Å². The Hall–Kier alpha value is -2.99. The van der Waals surface area contributed by atoms with Gasteiger partial charge in [-0.3, -0.25) is 0 Å². The van der Waals surface area contributed by atoms with Gasteiger partial charge < -0.3 is 19.7 Å². The van der Waals surface area contributed by atoms with Gasteiger partial charge in [0, 0.05) is 22.4 Å². The first-order chi connectivity index (χ1) is 15.1.